The zero-order chi connectivity index (χ0) is 25.3. The molecular formula is C23H38N2O8. The Balaban J connectivity index is 3.65. The molecule has 0 aromatic rings. The molecule has 10 heteroatoms. The van der Waals surface area contributed by atoms with Crippen LogP contribution >= 0.6 is 0 Å². The maximum Gasteiger partial charge on any atom is 0.322 e. The summed E-state index contributed by atoms with van der Waals surface area (Å²) in [6.07, 6.45) is 0.479. The molecule has 10 nitrogen and oxygen atoms in total. The highest BCUT2D eigenvalue weighted by molar-refractivity contribution is 6.00. The third-order valence-electron chi connectivity index (χ3n) is 5.04. The van der Waals surface area contributed by atoms with Gasteiger partial charge in [0.15, 0.2) is 11.8 Å². The van der Waals surface area contributed by atoms with Crippen LogP contribution in [-0.2, 0) is 38.1 Å². The maximum atomic E-state index is 12.9. The number of amidine groups is 1. The van der Waals surface area contributed by atoms with Gasteiger partial charge in [0.1, 0.15) is 0 Å². The van der Waals surface area contributed by atoms with Crippen molar-refractivity contribution in [2.75, 3.05) is 33.5 Å². The average molecular weight is 471 g/mol. The maximum absolute atomic E-state index is 12.9. The van der Waals surface area contributed by atoms with Gasteiger partial charge in [-0.3, -0.25) is 24.2 Å². The van der Waals surface area contributed by atoms with Gasteiger partial charge in [0.25, 0.3) is 0 Å². The van der Waals surface area contributed by atoms with E-state index in [2.05, 4.69) is 4.99 Å². The zero-order valence-electron chi connectivity index (χ0n) is 21.0. The van der Waals surface area contributed by atoms with Gasteiger partial charge in [-0.05, 0) is 33.1 Å². The van der Waals surface area contributed by atoms with Crippen LogP contribution in [0.3, 0.4) is 0 Å². The van der Waals surface area contributed by atoms with E-state index in [1.165, 1.54) is 0 Å². The van der Waals surface area contributed by atoms with Crippen molar-refractivity contribution in [2.45, 2.75) is 67.0 Å². The number of ether oxygens (including phenoxy) is 4. The molecular weight excluding hydrogens is 432 g/mol. The lowest BCUT2D eigenvalue weighted by molar-refractivity contribution is -0.170. The summed E-state index contributed by atoms with van der Waals surface area (Å²) in [5.41, 5.74) is -0.195. The number of nitrogens with zero attached hydrogens (tertiary/aromatic N) is 2. The van der Waals surface area contributed by atoms with Crippen molar-refractivity contribution >= 4 is 29.7 Å². The summed E-state index contributed by atoms with van der Waals surface area (Å²) in [6, 6.07) is -2.11. The third-order valence-corrected chi connectivity index (χ3v) is 5.04. The lowest BCUT2D eigenvalue weighted by atomic mass is 9.85. The minimum Gasteiger partial charge on any atom is -0.465 e. The Hall–Kier alpha value is -2.65. The molecule has 1 heterocycles. The smallest absolute Gasteiger partial charge is 0.322 e. The van der Waals surface area contributed by atoms with Gasteiger partial charge < -0.3 is 23.8 Å². The molecule has 0 radical (unpaired) electrons. The SMILES string of the molecule is CCOC(=O)C(C(=O)OCC)[C@H]1N=C(CC(C)(C)C)N(C)[C@@H]1C(C(=O)OCC)C(=O)OCC. The number of hydrogen-bond acceptors (Lipinski definition) is 10. The van der Waals surface area contributed by atoms with Gasteiger partial charge in [0.2, 0.25) is 0 Å². The highest BCUT2D eigenvalue weighted by atomic mass is 16.6. The van der Waals surface area contributed by atoms with Crippen LogP contribution in [0.2, 0.25) is 0 Å². The second kappa shape index (κ2) is 12.6. The van der Waals surface area contributed by atoms with Crippen molar-refractivity contribution in [3.63, 3.8) is 0 Å². The zero-order valence-corrected chi connectivity index (χ0v) is 21.0. The summed E-state index contributed by atoms with van der Waals surface area (Å²) in [6.45, 7) is 12.7. The lowest BCUT2D eigenvalue weighted by Gasteiger charge is -2.33. The van der Waals surface area contributed by atoms with Crippen LogP contribution in [0.25, 0.3) is 0 Å². The first-order chi connectivity index (χ1) is 15.4. The third kappa shape index (κ3) is 7.43. The molecule has 0 amide bonds. The molecule has 0 saturated carbocycles. The van der Waals surface area contributed by atoms with E-state index >= 15 is 0 Å². The van der Waals surface area contributed by atoms with Crippen LogP contribution < -0.4 is 0 Å². The number of rotatable bonds is 11. The Kier molecular flexibility index (Phi) is 10.8. The van der Waals surface area contributed by atoms with Crippen LogP contribution in [0, 0.1) is 17.3 Å². The number of esters is 4. The number of carbonyl (C=O) groups is 4. The molecule has 1 rings (SSSR count). The molecule has 0 N–H and O–H groups in total. The molecule has 0 fully saturated rings. The molecule has 33 heavy (non-hydrogen) atoms. The molecule has 0 saturated heterocycles. The molecule has 1 aliphatic heterocycles. The summed E-state index contributed by atoms with van der Waals surface area (Å²) >= 11 is 0. The van der Waals surface area contributed by atoms with Crippen molar-refractivity contribution in [2.24, 2.45) is 22.2 Å². The van der Waals surface area contributed by atoms with E-state index < -0.39 is 47.8 Å². The Morgan fingerprint density at radius 2 is 1.15 bits per heavy atom. The van der Waals surface area contributed by atoms with Gasteiger partial charge in [-0.15, -0.1) is 0 Å². The van der Waals surface area contributed by atoms with Crippen LogP contribution in [-0.4, -0.2) is 80.2 Å². The van der Waals surface area contributed by atoms with Gasteiger partial charge in [0, 0.05) is 13.5 Å². The first-order valence-corrected chi connectivity index (χ1v) is 11.4. The van der Waals surface area contributed by atoms with E-state index in [9.17, 15) is 19.2 Å². The minimum atomic E-state index is -1.46. The largest absolute Gasteiger partial charge is 0.465 e. The molecule has 0 unspecified atom stereocenters. The van der Waals surface area contributed by atoms with E-state index in [1.54, 1.807) is 39.6 Å². The summed E-state index contributed by atoms with van der Waals surface area (Å²) in [5.74, 6) is -5.60. The fraction of sp³-hybridized carbons (Fsp3) is 0.783. The van der Waals surface area contributed by atoms with Crippen molar-refractivity contribution in [1.82, 2.24) is 4.90 Å². The van der Waals surface area contributed by atoms with E-state index in [4.69, 9.17) is 18.9 Å². The molecule has 0 aromatic heterocycles. The summed E-state index contributed by atoms with van der Waals surface area (Å²) in [5, 5.41) is 0. The van der Waals surface area contributed by atoms with Crippen molar-refractivity contribution < 1.29 is 38.1 Å². The number of likely N-dealkylation sites (N-methyl/N-ethyl adjacent to an activating group) is 1. The predicted molar refractivity (Wildman–Crippen MR) is 120 cm³/mol. The second-order valence-electron chi connectivity index (χ2n) is 8.84. The van der Waals surface area contributed by atoms with Gasteiger partial charge in [-0.25, -0.2) is 0 Å². The lowest BCUT2D eigenvalue weighted by Crippen LogP contribution is -2.54. The Morgan fingerprint density at radius 1 is 0.788 bits per heavy atom. The second-order valence-corrected chi connectivity index (χ2v) is 8.84. The van der Waals surface area contributed by atoms with Gasteiger partial charge in [-0.2, -0.15) is 0 Å². The van der Waals surface area contributed by atoms with Crippen LogP contribution in [0.15, 0.2) is 4.99 Å². The molecule has 0 spiro atoms. The quantitative estimate of drug-likeness (QED) is 0.253. The molecule has 0 aliphatic carbocycles. The predicted octanol–water partition coefficient (Wildman–Crippen LogP) is 1.99. The normalized spacial score (nSPS) is 18.2. The Bertz CT molecular complexity index is 707. The highest BCUT2D eigenvalue weighted by Crippen LogP contribution is 2.34. The summed E-state index contributed by atoms with van der Waals surface area (Å²) in [4.78, 5) is 57.9. The van der Waals surface area contributed by atoms with Crippen molar-refractivity contribution in [3.8, 4) is 0 Å². The number of carbonyl (C=O) groups excluding carboxylic acids is 4. The van der Waals surface area contributed by atoms with E-state index in [-0.39, 0.29) is 31.8 Å². The van der Waals surface area contributed by atoms with Gasteiger partial charge in [-0.1, -0.05) is 20.8 Å². The van der Waals surface area contributed by atoms with Gasteiger partial charge >= 0.3 is 23.9 Å². The number of aliphatic imine (C=N–C) groups is 1. The van der Waals surface area contributed by atoms with Crippen molar-refractivity contribution in [3.05, 3.63) is 0 Å². The van der Waals surface area contributed by atoms with Gasteiger partial charge in [0.05, 0.1) is 44.3 Å². The van der Waals surface area contributed by atoms with Crippen LogP contribution in [0.4, 0.5) is 0 Å². The van der Waals surface area contributed by atoms with E-state index in [0.717, 1.165) is 0 Å². The number of hydrogen-bond donors (Lipinski definition) is 0. The molecule has 2 atom stereocenters. The molecule has 188 valence electrons. The van der Waals surface area contributed by atoms with E-state index in [0.29, 0.717) is 12.3 Å². The highest BCUT2D eigenvalue weighted by Gasteiger charge is 2.54. The van der Waals surface area contributed by atoms with Crippen LogP contribution in [0.1, 0.15) is 54.9 Å². The standard InChI is InChI=1S/C23H38N2O8/c1-9-30-19(26)15(20(27)31-10-2)17-18(25(8)14(24-17)13-23(5,6)7)16(21(28)32-11-3)22(29)33-12-4/h15-18H,9-13H2,1-8H3/t17-,18-/m1/s1. The molecule has 0 aromatic carbocycles. The Labute approximate surface area is 196 Å². The minimum absolute atomic E-state index is 0.0414. The fourth-order valence-electron chi connectivity index (χ4n) is 3.76. The van der Waals surface area contributed by atoms with Crippen molar-refractivity contribution in [1.29, 1.82) is 0 Å². The molecule has 1 aliphatic rings. The first-order valence-electron chi connectivity index (χ1n) is 11.4. The average Bonchev–Trinajstić information content (AvgIpc) is 2.97. The summed E-state index contributed by atoms with van der Waals surface area (Å²) in [7, 11) is 1.67. The fourth-order valence-corrected chi connectivity index (χ4v) is 3.76. The Morgan fingerprint density at radius 3 is 1.48 bits per heavy atom. The van der Waals surface area contributed by atoms with Crippen LogP contribution in [0.5, 0.6) is 0 Å². The summed E-state index contributed by atoms with van der Waals surface area (Å²) < 4.78 is 20.6. The topological polar surface area (TPSA) is 121 Å². The first kappa shape index (κ1) is 28.4. The van der Waals surface area contributed by atoms with E-state index in [1.807, 2.05) is 20.8 Å². The monoisotopic (exact) mass is 470 g/mol. The molecule has 0 bridgehead atoms.